The van der Waals surface area contributed by atoms with Crippen LogP contribution >= 0.6 is 34.3 Å². The van der Waals surface area contributed by atoms with Gasteiger partial charge in [0, 0.05) is 5.56 Å². The molecule has 0 unspecified atom stereocenters. The fraction of sp³-hybridized carbons (Fsp3) is 0.111. The van der Waals surface area contributed by atoms with E-state index >= 15 is 0 Å². The van der Waals surface area contributed by atoms with Gasteiger partial charge in [0.15, 0.2) is 5.69 Å². The molecule has 0 amide bonds. The van der Waals surface area contributed by atoms with E-state index in [2.05, 4.69) is 9.72 Å². The molecule has 2 rings (SSSR count). The molecule has 0 saturated carbocycles. The van der Waals surface area contributed by atoms with Crippen LogP contribution in [0.5, 0.6) is 0 Å². The molecule has 0 N–H and O–H groups in total. The maximum atomic E-state index is 11.4. The number of esters is 1. The van der Waals surface area contributed by atoms with Crippen molar-refractivity contribution in [2.45, 2.75) is 0 Å². The van der Waals surface area contributed by atoms with Gasteiger partial charge in [-0.3, -0.25) is 0 Å². The summed E-state index contributed by atoms with van der Waals surface area (Å²) in [7, 11) is 1.33. The zero-order valence-electron chi connectivity index (χ0n) is 7.69. The van der Waals surface area contributed by atoms with Gasteiger partial charge in [-0.1, -0.05) is 11.6 Å². The van der Waals surface area contributed by atoms with Gasteiger partial charge < -0.3 is 4.74 Å². The molecule has 0 saturated heterocycles. The Morgan fingerprint density at radius 1 is 1.53 bits per heavy atom. The van der Waals surface area contributed by atoms with E-state index in [1.807, 2.05) is 11.4 Å². The van der Waals surface area contributed by atoms with Crippen LogP contribution in [0.15, 0.2) is 17.0 Å². The number of aromatic nitrogens is 1. The minimum Gasteiger partial charge on any atom is -0.464 e. The van der Waals surface area contributed by atoms with Crippen LogP contribution in [0, 0.1) is 0 Å². The molecule has 0 atom stereocenters. The Labute approximate surface area is 99.3 Å². The van der Waals surface area contributed by atoms with E-state index in [1.165, 1.54) is 29.8 Å². The monoisotopic (exact) mass is 259 g/mol. The molecule has 0 fully saturated rings. The second kappa shape index (κ2) is 4.30. The van der Waals surface area contributed by atoms with E-state index in [9.17, 15) is 4.79 Å². The molecule has 3 nitrogen and oxygen atoms in total. The van der Waals surface area contributed by atoms with Gasteiger partial charge in [-0.15, -0.1) is 22.7 Å². The molecule has 2 aromatic heterocycles. The number of hydrogen-bond donors (Lipinski definition) is 0. The molecule has 0 bridgehead atoms. The highest BCUT2D eigenvalue weighted by Gasteiger charge is 2.18. The van der Waals surface area contributed by atoms with Crippen LogP contribution in [-0.4, -0.2) is 18.1 Å². The molecule has 2 heterocycles. The highest BCUT2D eigenvalue weighted by atomic mass is 35.5. The number of rotatable bonds is 2. The minimum atomic E-state index is -0.437. The second-order valence-electron chi connectivity index (χ2n) is 2.63. The molecule has 6 heteroatoms. The maximum Gasteiger partial charge on any atom is 0.358 e. The number of thiazole rings is 1. The van der Waals surface area contributed by atoms with Crippen LogP contribution in [-0.2, 0) is 4.74 Å². The van der Waals surface area contributed by atoms with Crippen molar-refractivity contribution < 1.29 is 9.53 Å². The lowest BCUT2D eigenvalue weighted by Gasteiger charge is -1.98. The second-order valence-corrected chi connectivity index (χ2v) is 5.00. The summed E-state index contributed by atoms with van der Waals surface area (Å²) in [6.45, 7) is 0. The lowest BCUT2D eigenvalue weighted by atomic mass is 10.2. The van der Waals surface area contributed by atoms with Crippen molar-refractivity contribution >= 4 is 40.2 Å². The van der Waals surface area contributed by atoms with Gasteiger partial charge in [0.2, 0.25) is 0 Å². The van der Waals surface area contributed by atoms with Gasteiger partial charge in [-0.25, -0.2) is 9.78 Å². The van der Waals surface area contributed by atoms with Gasteiger partial charge in [0.1, 0.15) is 4.34 Å². The van der Waals surface area contributed by atoms with E-state index < -0.39 is 5.97 Å². The van der Waals surface area contributed by atoms with Gasteiger partial charge in [-0.05, 0) is 11.4 Å². The van der Waals surface area contributed by atoms with Crippen LogP contribution in [0.2, 0.25) is 4.34 Å². The number of methoxy groups -OCH3 is 1. The summed E-state index contributed by atoms with van der Waals surface area (Å²) in [5.74, 6) is -0.437. The molecule has 2 aromatic rings. The summed E-state index contributed by atoms with van der Waals surface area (Å²) < 4.78 is 5.30. The number of nitrogens with zero attached hydrogens (tertiary/aromatic N) is 1. The molecule has 0 aliphatic carbocycles. The first-order valence-electron chi connectivity index (χ1n) is 3.99. The van der Waals surface area contributed by atoms with E-state index in [4.69, 9.17) is 11.6 Å². The van der Waals surface area contributed by atoms with E-state index in [1.54, 1.807) is 5.51 Å². The van der Waals surface area contributed by atoms with Gasteiger partial charge in [-0.2, -0.15) is 0 Å². The highest BCUT2D eigenvalue weighted by Crippen LogP contribution is 2.36. The number of carbonyl (C=O) groups is 1. The number of halogens is 1. The quantitative estimate of drug-likeness (QED) is 0.777. The Hall–Kier alpha value is -0.910. The highest BCUT2D eigenvalue weighted by molar-refractivity contribution is 7.17. The summed E-state index contributed by atoms with van der Waals surface area (Å²) in [6, 6.07) is 1.87. The standard InChI is InChI=1S/C9H6ClNO2S2/c1-13-9(12)6-7(15-4-11-6)5-2-3-14-8(5)10/h2-4H,1H3. The molecule has 0 spiro atoms. The minimum absolute atomic E-state index is 0.322. The average molecular weight is 260 g/mol. The number of hydrogen-bond acceptors (Lipinski definition) is 5. The zero-order chi connectivity index (χ0) is 10.8. The van der Waals surface area contributed by atoms with Crippen LogP contribution in [0.25, 0.3) is 10.4 Å². The van der Waals surface area contributed by atoms with Crippen molar-refractivity contribution in [1.29, 1.82) is 0 Å². The lowest BCUT2D eigenvalue weighted by Crippen LogP contribution is -2.02. The Morgan fingerprint density at radius 3 is 2.93 bits per heavy atom. The van der Waals surface area contributed by atoms with E-state index in [0.717, 1.165) is 10.4 Å². The smallest absolute Gasteiger partial charge is 0.358 e. The summed E-state index contributed by atoms with van der Waals surface area (Å²) in [6.07, 6.45) is 0. The Morgan fingerprint density at radius 2 is 2.33 bits per heavy atom. The summed E-state index contributed by atoms with van der Waals surface area (Å²) in [4.78, 5) is 16.1. The van der Waals surface area contributed by atoms with E-state index in [-0.39, 0.29) is 0 Å². The Bertz CT molecular complexity index is 492. The van der Waals surface area contributed by atoms with Crippen molar-refractivity contribution in [3.63, 3.8) is 0 Å². The van der Waals surface area contributed by atoms with Crippen LogP contribution in [0.4, 0.5) is 0 Å². The average Bonchev–Trinajstić information content (AvgIpc) is 2.84. The van der Waals surface area contributed by atoms with Crippen molar-refractivity contribution in [1.82, 2.24) is 4.98 Å². The number of thiophene rings is 1. The third-order valence-electron chi connectivity index (χ3n) is 1.81. The molecule has 0 radical (unpaired) electrons. The summed E-state index contributed by atoms with van der Waals surface area (Å²) >= 11 is 8.79. The molecule has 0 aromatic carbocycles. The molecule has 0 aliphatic rings. The zero-order valence-corrected chi connectivity index (χ0v) is 10.1. The normalized spacial score (nSPS) is 10.3. The largest absolute Gasteiger partial charge is 0.464 e. The summed E-state index contributed by atoms with van der Waals surface area (Å²) in [5.41, 5.74) is 2.77. The Kier molecular flexibility index (Phi) is 3.04. The molecular weight excluding hydrogens is 254 g/mol. The summed E-state index contributed by atoms with van der Waals surface area (Å²) in [5, 5.41) is 1.87. The van der Waals surface area contributed by atoms with Crippen LogP contribution < -0.4 is 0 Å². The third-order valence-corrected chi connectivity index (χ3v) is 3.84. The molecule has 0 aliphatic heterocycles. The fourth-order valence-corrected chi connectivity index (χ4v) is 3.00. The van der Waals surface area contributed by atoms with Crippen LogP contribution in [0.3, 0.4) is 0 Å². The SMILES string of the molecule is COC(=O)c1ncsc1-c1ccsc1Cl. The number of ether oxygens (including phenoxy) is 1. The molecular formula is C9H6ClNO2S2. The third kappa shape index (κ3) is 1.90. The van der Waals surface area contributed by atoms with Crippen molar-refractivity contribution in [3.05, 3.63) is 27.0 Å². The van der Waals surface area contributed by atoms with Crippen molar-refractivity contribution in [2.75, 3.05) is 7.11 Å². The van der Waals surface area contributed by atoms with Crippen LogP contribution in [0.1, 0.15) is 10.5 Å². The van der Waals surface area contributed by atoms with Gasteiger partial charge >= 0.3 is 5.97 Å². The lowest BCUT2D eigenvalue weighted by molar-refractivity contribution is 0.0596. The first-order valence-corrected chi connectivity index (χ1v) is 6.13. The van der Waals surface area contributed by atoms with Crippen molar-refractivity contribution in [2.24, 2.45) is 0 Å². The first kappa shape index (κ1) is 10.6. The predicted molar refractivity (Wildman–Crippen MR) is 61.8 cm³/mol. The van der Waals surface area contributed by atoms with Gasteiger partial charge in [0.05, 0.1) is 17.5 Å². The topological polar surface area (TPSA) is 39.2 Å². The van der Waals surface area contributed by atoms with Gasteiger partial charge in [0.25, 0.3) is 0 Å². The van der Waals surface area contributed by atoms with E-state index in [0.29, 0.717) is 10.0 Å². The predicted octanol–water partition coefficient (Wildman–Crippen LogP) is 3.31. The molecule has 78 valence electrons. The number of carbonyl (C=O) groups excluding carboxylic acids is 1. The molecule has 15 heavy (non-hydrogen) atoms. The maximum absolute atomic E-state index is 11.4. The Balaban J connectivity index is 2.50. The van der Waals surface area contributed by atoms with Crippen molar-refractivity contribution in [3.8, 4) is 10.4 Å². The fourth-order valence-electron chi connectivity index (χ4n) is 1.14. The first-order chi connectivity index (χ1) is 7.24.